The fraction of sp³-hybridized carbons (Fsp3) is 0.667. The highest BCUT2D eigenvalue weighted by Crippen LogP contribution is 2.15. The van der Waals surface area contributed by atoms with Gasteiger partial charge >= 0.3 is 5.97 Å². The second kappa shape index (κ2) is 14.0. The molecule has 0 heterocycles. The summed E-state index contributed by atoms with van der Waals surface area (Å²) in [5, 5.41) is 9.04. The second-order valence-electron chi connectivity index (χ2n) is 6.63. The molecule has 0 saturated carbocycles. The number of carbonyl (C=O) groups is 1. The highest BCUT2D eigenvalue weighted by molar-refractivity contribution is 5.67. The van der Waals surface area contributed by atoms with Crippen LogP contribution in [0.25, 0.3) is 0 Å². The van der Waals surface area contributed by atoms with Crippen molar-refractivity contribution in [2.24, 2.45) is 0 Å². The van der Waals surface area contributed by atoms with Gasteiger partial charge in [0, 0.05) is 0 Å². The molecular weight excluding hydrogens is 300 g/mol. The van der Waals surface area contributed by atoms with E-state index < -0.39 is 5.97 Å². The van der Waals surface area contributed by atoms with Crippen molar-refractivity contribution in [2.45, 2.75) is 90.3 Å². The fourth-order valence-corrected chi connectivity index (χ4v) is 2.91. The minimum absolute atomic E-state index is 0.101. The maximum Gasteiger partial charge on any atom is 0.305 e. The Hall–Kier alpha value is -1.35. The minimum atomic E-state index is -0.774. The normalized spacial score (nSPS) is 12.2. The molecule has 1 unspecified atom stereocenters. The molecule has 136 valence electrons. The van der Waals surface area contributed by atoms with E-state index in [1.54, 1.807) is 0 Å². The monoisotopic (exact) mass is 334 g/mol. The van der Waals surface area contributed by atoms with Crippen LogP contribution >= 0.6 is 0 Å². The van der Waals surface area contributed by atoms with Gasteiger partial charge in [-0.3, -0.25) is 4.79 Å². The average molecular weight is 334 g/mol. The van der Waals surface area contributed by atoms with Gasteiger partial charge in [0.05, 0.1) is 19.1 Å². The van der Waals surface area contributed by atoms with Crippen LogP contribution in [0.2, 0.25) is 0 Å². The topological polar surface area (TPSA) is 46.5 Å². The molecule has 0 saturated heterocycles. The van der Waals surface area contributed by atoms with E-state index in [0.717, 1.165) is 18.4 Å². The highest BCUT2D eigenvalue weighted by atomic mass is 16.5. The third-order valence-electron chi connectivity index (χ3n) is 4.36. The van der Waals surface area contributed by atoms with E-state index in [4.69, 9.17) is 9.84 Å². The van der Waals surface area contributed by atoms with Crippen molar-refractivity contribution in [2.75, 3.05) is 0 Å². The van der Waals surface area contributed by atoms with Crippen LogP contribution in [0, 0.1) is 0 Å². The average Bonchev–Trinajstić information content (AvgIpc) is 2.58. The maximum atomic E-state index is 11.0. The van der Waals surface area contributed by atoms with Crippen molar-refractivity contribution < 1.29 is 14.6 Å². The largest absolute Gasteiger partial charge is 0.481 e. The zero-order valence-corrected chi connectivity index (χ0v) is 15.2. The Morgan fingerprint density at radius 2 is 1.54 bits per heavy atom. The Bertz CT molecular complexity index is 416. The van der Waals surface area contributed by atoms with Crippen molar-refractivity contribution in [3.8, 4) is 0 Å². The highest BCUT2D eigenvalue weighted by Gasteiger charge is 2.13. The first-order valence-electron chi connectivity index (χ1n) is 9.59. The number of rotatable bonds is 15. The summed E-state index contributed by atoms with van der Waals surface area (Å²) < 4.78 is 5.83. The van der Waals surface area contributed by atoms with E-state index in [1.807, 2.05) is 30.3 Å². The van der Waals surface area contributed by atoms with Gasteiger partial charge in [-0.2, -0.15) is 0 Å². The molecule has 1 atom stereocenters. The third-order valence-corrected chi connectivity index (χ3v) is 4.36. The molecule has 0 aliphatic carbocycles. The van der Waals surface area contributed by atoms with Gasteiger partial charge in [-0.05, 0) is 12.0 Å². The van der Waals surface area contributed by atoms with Crippen molar-refractivity contribution in [1.29, 1.82) is 0 Å². The summed E-state index contributed by atoms with van der Waals surface area (Å²) in [6.45, 7) is 2.74. The quantitative estimate of drug-likeness (QED) is 0.402. The van der Waals surface area contributed by atoms with Gasteiger partial charge in [0.25, 0.3) is 0 Å². The Kier molecular flexibility index (Phi) is 12.1. The molecule has 0 bridgehead atoms. The molecule has 3 nitrogen and oxygen atoms in total. The number of hydrogen-bond acceptors (Lipinski definition) is 2. The van der Waals surface area contributed by atoms with Gasteiger partial charge < -0.3 is 9.84 Å². The lowest BCUT2D eigenvalue weighted by molar-refractivity contribution is -0.140. The van der Waals surface area contributed by atoms with Crippen LogP contribution < -0.4 is 0 Å². The van der Waals surface area contributed by atoms with E-state index >= 15 is 0 Å². The lowest BCUT2D eigenvalue weighted by Gasteiger charge is -2.16. The van der Waals surface area contributed by atoms with E-state index in [2.05, 4.69) is 6.92 Å². The second-order valence-corrected chi connectivity index (χ2v) is 6.63. The lowest BCUT2D eigenvalue weighted by atomic mass is 10.0. The van der Waals surface area contributed by atoms with Crippen molar-refractivity contribution in [3.63, 3.8) is 0 Å². The predicted octanol–water partition coefficient (Wildman–Crippen LogP) is 5.97. The number of carboxylic acids is 1. The Morgan fingerprint density at radius 1 is 0.958 bits per heavy atom. The van der Waals surface area contributed by atoms with Crippen LogP contribution in [-0.4, -0.2) is 17.2 Å². The molecule has 3 heteroatoms. The molecule has 1 N–H and O–H groups in total. The SMILES string of the molecule is CCCCCCCCCCCC(CC(=O)O)OCc1ccccc1. The van der Waals surface area contributed by atoms with Crippen LogP contribution in [0.3, 0.4) is 0 Å². The molecule has 1 aromatic rings. The van der Waals surface area contributed by atoms with E-state index in [9.17, 15) is 4.79 Å². The first kappa shape index (κ1) is 20.7. The van der Waals surface area contributed by atoms with Crippen LogP contribution in [0.5, 0.6) is 0 Å². The number of ether oxygens (including phenoxy) is 1. The predicted molar refractivity (Wildman–Crippen MR) is 99.1 cm³/mol. The number of carboxylic acid groups (broad SMARTS) is 1. The Morgan fingerprint density at radius 3 is 2.12 bits per heavy atom. The molecule has 0 aliphatic rings. The summed E-state index contributed by atoms with van der Waals surface area (Å²) in [6.07, 6.45) is 12.3. The summed E-state index contributed by atoms with van der Waals surface area (Å²) in [6, 6.07) is 9.95. The molecule has 0 amide bonds. The Labute approximate surface area is 147 Å². The van der Waals surface area contributed by atoms with Crippen molar-refractivity contribution in [3.05, 3.63) is 35.9 Å². The molecule has 24 heavy (non-hydrogen) atoms. The molecule has 0 radical (unpaired) electrons. The Balaban J connectivity index is 2.13. The molecule has 0 aromatic heterocycles. The van der Waals surface area contributed by atoms with Gasteiger partial charge in [-0.1, -0.05) is 95.0 Å². The van der Waals surface area contributed by atoms with E-state index in [-0.39, 0.29) is 12.5 Å². The molecule has 0 spiro atoms. The molecule has 1 aromatic carbocycles. The summed E-state index contributed by atoms with van der Waals surface area (Å²) in [7, 11) is 0. The number of unbranched alkanes of at least 4 members (excludes halogenated alkanes) is 8. The summed E-state index contributed by atoms with van der Waals surface area (Å²) in [5.41, 5.74) is 1.10. The fourth-order valence-electron chi connectivity index (χ4n) is 2.91. The first-order chi connectivity index (χ1) is 11.7. The number of aliphatic carboxylic acids is 1. The number of hydrogen-bond donors (Lipinski definition) is 1. The van der Waals surface area contributed by atoms with Crippen LogP contribution in [0.1, 0.15) is 83.1 Å². The summed E-state index contributed by atoms with van der Waals surface area (Å²) >= 11 is 0. The van der Waals surface area contributed by atoms with Gasteiger partial charge in [0.15, 0.2) is 0 Å². The third kappa shape index (κ3) is 11.2. The standard InChI is InChI=1S/C21H34O3/c1-2-3-4-5-6-7-8-9-13-16-20(17-21(22)23)24-18-19-14-11-10-12-15-19/h10-12,14-15,20H,2-9,13,16-18H2,1H3,(H,22,23). The van der Waals surface area contributed by atoms with Crippen LogP contribution in [0.4, 0.5) is 0 Å². The van der Waals surface area contributed by atoms with Gasteiger partial charge in [0.2, 0.25) is 0 Å². The van der Waals surface area contributed by atoms with E-state index in [1.165, 1.54) is 51.4 Å². The summed E-state index contributed by atoms with van der Waals surface area (Å²) in [4.78, 5) is 11.0. The summed E-state index contributed by atoms with van der Waals surface area (Å²) in [5.74, 6) is -0.774. The van der Waals surface area contributed by atoms with Gasteiger partial charge in [0.1, 0.15) is 0 Å². The van der Waals surface area contributed by atoms with Crippen LogP contribution in [0.15, 0.2) is 30.3 Å². The van der Waals surface area contributed by atoms with Crippen molar-refractivity contribution in [1.82, 2.24) is 0 Å². The zero-order valence-electron chi connectivity index (χ0n) is 15.2. The first-order valence-corrected chi connectivity index (χ1v) is 9.59. The van der Waals surface area contributed by atoms with Gasteiger partial charge in [-0.25, -0.2) is 0 Å². The number of benzene rings is 1. The lowest BCUT2D eigenvalue weighted by Crippen LogP contribution is -2.17. The van der Waals surface area contributed by atoms with Crippen LogP contribution in [-0.2, 0) is 16.1 Å². The molecule has 0 fully saturated rings. The minimum Gasteiger partial charge on any atom is -0.481 e. The van der Waals surface area contributed by atoms with Gasteiger partial charge in [-0.15, -0.1) is 0 Å². The molecular formula is C21H34O3. The zero-order chi connectivity index (χ0) is 17.5. The van der Waals surface area contributed by atoms with E-state index in [0.29, 0.717) is 6.61 Å². The molecule has 1 rings (SSSR count). The molecule has 0 aliphatic heterocycles. The van der Waals surface area contributed by atoms with Crippen molar-refractivity contribution >= 4 is 5.97 Å². The smallest absolute Gasteiger partial charge is 0.305 e. The maximum absolute atomic E-state index is 11.0.